The third-order valence-electron chi connectivity index (χ3n) is 1.63. The number of hydrogen-bond acceptors (Lipinski definition) is 3. The third-order valence-corrected chi connectivity index (χ3v) is 3.68. The van der Waals surface area contributed by atoms with Crippen molar-refractivity contribution in [3.05, 3.63) is 34.6 Å². The average molecular weight is 197 g/mol. The van der Waals surface area contributed by atoms with Crippen LogP contribution in [0.3, 0.4) is 0 Å². The Kier molecular flexibility index (Phi) is 1.94. The van der Waals surface area contributed by atoms with E-state index in [9.17, 15) is 4.79 Å². The number of hydrogen-bond donors (Lipinski definition) is 0. The summed E-state index contributed by atoms with van der Waals surface area (Å²) in [4.78, 5) is 11.5. The van der Waals surface area contributed by atoms with Crippen LogP contribution in [0.25, 0.3) is 10.1 Å². The molecule has 62 valence electrons. The van der Waals surface area contributed by atoms with Crippen molar-refractivity contribution in [3.63, 3.8) is 0 Å². The van der Waals surface area contributed by atoms with Gasteiger partial charge in [-0.2, -0.15) is 0 Å². The van der Waals surface area contributed by atoms with E-state index in [1.54, 1.807) is 3.36 Å². The molecule has 12 heavy (non-hydrogen) atoms. The van der Waals surface area contributed by atoms with Crippen molar-refractivity contribution in [3.8, 4) is 0 Å². The van der Waals surface area contributed by atoms with Gasteiger partial charge in [-0.3, -0.25) is 4.79 Å². The largest absolute Gasteiger partial charge is 0.278 e. The molecule has 1 aromatic carbocycles. The molecule has 0 saturated heterocycles. The highest BCUT2D eigenvalue weighted by atomic mass is 32.2. The smallest absolute Gasteiger partial charge is 0.267 e. The topological polar surface area (TPSA) is 22.0 Å². The van der Waals surface area contributed by atoms with Gasteiger partial charge in [-0.25, -0.2) is 3.36 Å². The summed E-state index contributed by atoms with van der Waals surface area (Å²) in [5, 5.41) is 0.817. The molecule has 2 rings (SSSR count). The lowest BCUT2D eigenvalue weighted by molar-refractivity contribution is 1.36. The molecule has 0 unspecified atom stereocenters. The Bertz CT molecular complexity index is 457. The second-order valence-electron chi connectivity index (χ2n) is 2.33. The number of rotatable bonds is 1. The fourth-order valence-corrected chi connectivity index (χ4v) is 2.63. The zero-order valence-electron chi connectivity index (χ0n) is 6.48. The summed E-state index contributed by atoms with van der Waals surface area (Å²) in [6.07, 6.45) is 1.90. The summed E-state index contributed by atoms with van der Waals surface area (Å²) in [7, 11) is 0. The van der Waals surface area contributed by atoms with Gasteiger partial charge in [0.2, 0.25) is 0 Å². The highest BCUT2D eigenvalue weighted by Crippen LogP contribution is 2.18. The van der Waals surface area contributed by atoms with Crippen molar-refractivity contribution in [2.75, 3.05) is 6.26 Å². The molecule has 1 aromatic heterocycles. The fraction of sp³-hybridized carbons (Fsp3) is 0.125. The van der Waals surface area contributed by atoms with Gasteiger partial charge in [-0.05, 0) is 35.6 Å². The van der Waals surface area contributed by atoms with Gasteiger partial charge in [-0.15, -0.1) is 0 Å². The number of nitrogens with zero attached hydrogens (tertiary/aromatic N) is 1. The van der Waals surface area contributed by atoms with E-state index < -0.39 is 0 Å². The molecule has 0 spiro atoms. The Morgan fingerprint density at radius 2 is 2.17 bits per heavy atom. The minimum absolute atomic E-state index is 0.100. The molecular weight excluding hydrogens is 190 g/mol. The monoisotopic (exact) mass is 197 g/mol. The zero-order valence-corrected chi connectivity index (χ0v) is 8.11. The molecule has 0 N–H and O–H groups in total. The van der Waals surface area contributed by atoms with Crippen LogP contribution in [0.5, 0.6) is 0 Å². The molecule has 0 bridgehead atoms. The van der Waals surface area contributed by atoms with E-state index in [-0.39, 0.29) is 5.56 Å². The van der Waals surface area contributed by atoms with E-state index in [1.807, 2.05) is 30.5 Å². The molecule has 0 aliphatic carbocycles. The van der Waals surface area contributed by atoms with Crippen LogP contribution in [0.4, 0.5) is 0 Å². The first kappa shape index (κ1) is 7.89. The number of aromatic nitrogens is 1. The molecule has 4 heteroatoms. The third kappa shape index (κ3) is 1.07. The van der Waals surface area contributed by atoms with Crippen LogP contribution in [-0.4, -0.2) is 9.62 Å². The minimum Gasteiger partial charge on any atom is -0.267 e. The van der Waals surface area contributed by atoms with Crippen LogP contribution in [0, 0.1) is 0 Å². The zero-order chi connectivity index (χ0) is 8.55. The molecule has 0 fully saturated rings. The van der Waals surface area contributed by atoms with Gasteiger partial charge < -0.3 is 0 Å². The highest BCUT2D eigenvalue weighted by molar-refractivity contribution is 7.98. The van der Waals surface area contributed by atoms with Crippen molar-refractivity contribution in [2.45, 2.75) is 0 Å². The van der Waals surface area contributed by atoms with Crippen molar-refractivity contribution < 1.29 is 0 Å². The Balaban J connectivity index is 2.88. The average Bonchev–Trinajstić information content (AvgIpc) is 2.44. The maximum absolute atomic E-state index is 11.5. The first-order chi connectivity index (χ1) is 5.83. The van der Waals surface area contributed by atoms with Crippen molar-refractivity contribution in [1.82, 2.24) is 3.36 Å². The maximum atomic E-state index is 11.5. The van der Waals surface area contributed by atoms with Crippen LogP contribution >= 0.6 is 23.5 Å². The van der Waals surface area contributed by atoms with E-state index in [0.717, 1.165) is 10.1 Å². The van der Waals surface area contributed by atoms with Gasteiger partial charge in [0, 0.05) is 6.26 Å². The van der Waals surface area contributed by atoms with Crippen LogP contribution in [0.2, 0.25) is 0 Å². The molecule has 0 saturated carbocycles. The molecule has 0 amide bonds. The van der Waals surface area contributed by atoms with Crippen molar-refractivity contribution in [1.29, 1.82) is 0 Å². The van der Waals surface area contributed by atoms with Gasteiger partial charge in [0.15, 0.2) is 0 Å². The Morgan fingerprint density at radius 3 is 2.83 bits per heavy atom. The summed E-state index contributed by atoms with van der Waals surface area (Å²) in [6.45, 7) is 0. The molecular formula is C8H7NOS2. The summed E-state index contributed by atoms with van der Waals surface area (Å²) in [6, 6.07) is 7.67. The fourth-order valence-electron chi connectivity index (χ4n) is 1.07. The second kappa shape index (κ2) is 2.95. The summed E-state index contributed by atoms with van der Waals surface area (Å²) in [5.41, 5.74) is 0.100. The number of fused-ring (bicyclic) bond motifs is 1. The molecule has 0 aliphatic heterocycles. The number of benzene rings is 1. The van der Waals surface area contributed by atoms with Gasteiger partial charge in [0.25, 0.3) is 5.56 Å². The standard InChI is InChI=1S/C8H7NOS2/c1-11-9-8(10)6-4-2-3-5-7(6)12-9/h2-5H,1H3. The van der Waals surface area contributed by atoms with Crippen LogP contribution < -0.4 is 5.56 Å². The van der Waals surface area contributed by atoms with E-state index in [1.165, 1.54) is 23.5 Å². The summed E-state index contributed by atoms with van der Waals surface area (Å²) < 4.78 is 2.74. The second-order valence-corrected chi connectivity index (χ2v) is 4.28. The Labute approximate surface area is 78.1 Å². The normalized spacial score (nSPS) is 10.8. The minimum atomic E-state index is 0.100. The van der Waals surface area contributed by atoms with Gasteiger partial charge in [-0.1, -0.05) is 12.1 Å². The van der Waals surface area contributed by atoms with E-state index >= 15 is 0 Å². The lowest BCUT2D eigenvalue weighted by Crippen LogP contribution is -2.05. The predicted molar refractivity (Wildman–Crippen MR) is 55.0 cm³/mol. The Morgan fingerprint density at radius 1 is 1.42 bits per heavy atom. The molecule has 0 atom stereocenters. The molecule has 0 aliphatic rings. The van der Waals surface area contributed by atoms with E-state index in [0.29, 0.717) is 0 Å². The molecule has 2 aromatic rings. The first-order valence-corrected chi connectivity index (χ1v) is 5.44. The van der Waals surface area contributed by atoms with Gasteiger partial charge in [0.1, 0.15) is 0 Å². The molecule has 1 heterocycles. The quantitative estimate of drug-likeness (QED) is 0.699. The molecule has 0 radical (unpaired) electrons. The lowest BCUT2D eigenvalue weighted by atomic mass is 10.3. The molecule has 2 nitrogen and oxygen atoms in total. The lowest BCUT2D eigenvalue weighted by Gasteiger charge is -1.85. The SMILES string of the molecule is CSn1sc2ccccc2c1=O. The summed E-state index contributed by atoms with van der Waals surface area (Å²) >= 11 is 2.93. The Hall–Kier alpha value is -0.740. The van der Waals surface area contributed by atoms with Gasteiger partial charge >= 0.3 is 0 Å². The maximum Gasteiger partial charge on any atom is 0.278 e. The van der Waals surface area contributed by atoms with E-state index in [2.05, 4.69) is 0 Å². The van der Waals surface area contributed by atoms with Crippen molar-refractivity contribution in [2.24, 2.45) is 0 Å². The van der Waals surface area contributed by atoms with E-state index in [4.69, 9.17) is 0 Å². The van der Waals surface area contributed by atoms with Crippen molar-refractivity contribution >= 4 is 33.6 Å². The predicted octanol–water partition coefficient (Wildman–Crippen LogP) is 2.19. The van der Waals surface area contributed by atoms with Crippen LogP contribution in [-0.2, 0) is 0 Å². The van der Waals surface area contributed by atoms with Gasteiger partial charge in [0.05, 0.1) is 10.1 Å². The van der Waals surface area contributed by atoms with Crippen LogP contribution in [0.15, 0.2) is 29.1 Å². The summed E-state index contributed by atoms with van der Waals surface area (Å²) in [5.74, 6) is 0. The van der Waals surface area contributed by atoms with Crippen LogP contribution in [0.1, 0.15) is 0 Å². The first-order valence-electron chi connectivity index (χ1n) is 3.48. The highest BCUT2D eigenvalue weighted by Gasteiger charge is 2.04.